The van der Waals surface area contributed by atoms with Crippen LogP contribution in [-0.4, -0.2) is 207 Å². The number of amides is 13. The zero-order valence-electron chi connectivity index (χ0n) is 62.1. The largest absolute Gasteiger partial charge is 0.508 e. The maximum absolute atomic E-state index is 15.4. The number of carbonyl (C=O) groups excluding carboxylic acids is 13. The topological polar surface area (TPSA) is 603 Å². The Hall–Kier alpha value is -12.9. The molecule has 0 saturated carbocycles. The lowest BCUT2D eigenvalue weighted by molar-refractivity contribution is -0.142. The van der Waals surface area contributed by atoms with Crippen molar-refractivity contribution in [2.45, 2.75) is 203 Å². The second-order valence-electron chi connectivity index (χ2n) is 28.0. The van der Waals surface area contributed by atoms with Gasteiger partial charge in [0.1, 0.15) is 72.2 Å². The molecule has 0 aliphatic carbocycles. The standard InChI is InChI=1S/C73H97N23O16/c1-39(2)61-72(112)89-58(35-60(100)101)70(110)82-49(64(104)85-53(62(75)102)30-42-21-23-46(98)24-22-42)18-9-11-29-96-38-45(92-94-96)34-57(69(109)86-54(71(111)90-61)31-41-14-5-4-6-15-41)88-65(105)50-19-10-12-28-95-37-44(91-93-95)33-56(80-40(3)97)68(108)87-55(32-43-36-79-48-17-8-7-16-47(43)48)67(107)83-51(20-13-27-78-73(76)77)63(103)84-52(66(106)81-50)25-26-59(74)99/h4-8,14-17,21-24,36-39,49-58,61,79,98H,9-13,18-20,25-35H2,1-3H3,(H2,74,99)(H2,75,102)(H,80,97)(H,81,106)(H,82,110)(H,83,107)(H,84,103)(H,85,104)(H,86,109)(H,87,108)(H,88,105)(H,89,112)(H,90,111)(H,100,101)(H4,76,77,78)/t49-,50-,51-,52-,53-,54-,55-,56-,57-,58-,61-/m0/s1. The van der Waals surface area contributed by atoms with Crippen LogP contribution in [0.5, 0.6) is 5.75 Å². The van der Waals surface area contributed by atoms with Crippen molar-refractivity contribution >= 4 is 99.6 Å². The second kappa shape index (κ2) is 41.1. The molecule has 3 aromatic heterocycles. The second-order valence-corrected chi connectivity index (χ2v) is 28.0. The number of carboxylic acids is 1. The number of nitrogens with two attached hydrogens (primary N) is 3. The van der Waals surface area contributed by atoms with Gasteiger partial charge in [0.2, 0.25) is 76.8 Å². The summed E-state index contributed by atoms with van der Waals surface area (Å²) >= 11 is 0. The Kier molecular flexibility index (Phi) is 31.1. The number of aliphatic carboxylic acids is 1. The molecule has 5 heterocycles. The number of nitrogens with zero attached hydrogens (tertiary/aromatic N) is 6. The van der Waals surface area contributed by atoms with Crippen LogP contribution in [0.3, 0.4) is 0 Å². The number of aryl methyl sites for hydroxylation is 2. The fraction of sp³-hybridized carbons (Fsp3) is 0.466. The fourth-order valence-corrected chi connectivity index (χ4v) is 12.8. The molecule has 112 heavy (non-hydrogen) atoms. The number of aromatic hydroxyl groups is 1. The Morgan fingerprint density at radius 3 is 1.70 bits per heavy atom. The van der Waals surface area contributed by atoms with Crippen molar-refractivity contribution < 1.29 is 77.3 Å². The van der Waals surface area contributed by atoms with E-state index in [1.807, 2.05) is 0 Å². The van der Waals surface area contributed by atoms with Gasteiger partial charge in [0.05, 0.1) is 17.8 Å². The Balaban J connectivity index is 1.14. The van der Waals surface area contributed by atoms with Crippen molar-refractivity contribution in [2.75, 3.05) is 6.54 Å². The van der Waals surface area contributed by atoms with E-state index in [9.17, 15) is 63.0 Å². The third kappa shape index (κ3) is 26.2. The van der Waals surface area contributed by atoms with Crippen LogP contribution in [0, 0.1) is 11.3 Å². The molecule has 2 aliphatic rings. The van der Waals surface area contributed by atoms with Crippen LogP contribution >= 0.6 is 0 Å². The van der Waals surface area contributed by atoms with Gasteiger partial charge in [-0.25, -0.2) is 0 Å². The third-order valence-electron chi connectivity index (χ3n) is 18.7. The number of hydrogen-bond acceptors (Lipinski definition) is 20. The number of nitrogens with one attached hydrogen (secondary N) is 14. The van der Waals surface area contributed by atoms with Gasteiger partial charge in [-0.05, 0) is 98.6 Å². The van der Waals surface area contributed by atoms with Crippen LogP contribution in [0.4, 0.5) is 0 Å². The van der Waals surface area contributed by atoms with Crippen molar-refractivity contribution in [1.29, 1.82) is 5.41 Å². The number of benzene rings is 3. The smallest absolute Gasteiger partial charge is 0.305 e. The summed E-state index contributed by atoms with van der Waals surface area (Å²) in [7, 11) is 0. The van der Waals surface area contributed by atoms with E-state index in [1.165, 1.54) is 66.8 Å². The minimum atomic E-state index is -1.88. The number of hydrogen-bond donors (Lipinski definition) is 19. The molecule has 0 saturated heterocycles. The van der Waals surface area contributed by atoms with E-state index in [-0.39, 0.29) is 114 Å². The summed E-state index contributed by atoms with van der Waals surface area (Å²) < 4.78 is 2.83. The highest BCUT2D eigenvalue weighted by molar-refractivity contribution is 6.00. The first kappa shape index (κ1) is 84.7. The third-order valence-corrected chi connectivity index (χ3v) is 18.7. The molecule has 0 unspecified atom stereocenters. The van der Waals surface area contributed by atoms with Crippen molar-refractivity contribution in [3.05, 3.63) is 126 Å². The number of carbonyl (C=O) groups is 14. The highest BCUT2D eigenvalue weighted by atomic mass is 16.4. The number of aromatic amines is 1. The van der Waals surface area contributed by atoms with Crippen LogP contribution in [0.25, 0.3) is 10.9 Å². The summed E-state index contributed by atoms with van der Waals surface area (Å²) in [5.74, 6) is -15.1. The molecule has 4 bridgehead atoms. The molecule has 6 aromatic rings. The van der Waals surface area contributed by atoms with Gasteiger partial charge in [-0.3, -0.25) is 81.9 Å². The molecule has 0 radical (unpaired) electrons. The molecule has 2 aliphatic heterocycles. The van der Waals surface area contributed by atoms with Crippen LogP contribution in [0.15, 0.2) is 97.5 Å². The minimum absolute atomic E-state index is 0.0174. The van der Waals surface area contributed by atoms with E-state index in [0.29, 0.717) is 27.6 Å². The Morgan fingerprint density at radius 2 is 1.12 bits per heavy atom. The summed E-state index contributed by atoms with van der Waals surface area (Å²) in [6, 6.07) is 4.09. The van der Waals surface area contributed by atoms with E-state index in [2.05, 4.69) is 89.4 Å². The molecule has 22 N–H and O–H groups in total. The van der Waals surface area contributed by atoms with Gasteiger partial charge in [0.25, 0.3) is 0 Å². The van der Waals surface area contributed by atoms with Crippen molar-refractivity contribution in [3.8, 4) is 5.75 Å². The zero-order chi connectivity index (χ0) is 81.1. The van der Waals surface area contributed by atoms with Gasteiger partial charge < -0.3 is 96.2 Å². The van der Waals surface area contributed by atoms with Crippen LogP contribution in [-0.2, 0) is 112 Å². The van der Waals surface area contributed by atoms with Gasteiger partial charge in [-0.2, -0.15) is 0 Å². The summed E-state index contributed by atoms with van der Waals surface area (Å²) in [6.07, 6.45) is 1.60. The predicted molar refractivity (Wildman–Crippen MR) is 400 cm³/mol. The monoisotopic (exact) mass is 1550 g/mol. The molecule has 39 nitrogen and oxygen atoms in total. The lowest BCUT2D eigenvalue weighted by Crippen LogP contribution is -2.62. The summed E-state index contributed by atoms with van der Waals surface area (Å²) in [6.45, 7) is 4.49. The van der Waals surface area contributed by atoms with Gasteiger partial charge in [0.15, 0.2) is 5.96 Å². The first-order chi connectivity index (χ1) is 53.4. The molecule has 0 fully saturated rings. The number of carboxylic acid groups (broad SMARTS) is 1. The number of rotatable bonds is 22. The zero-order valence-corrected chi connectivity index (χ0v) is 62.1. The van der Waals surface area contributed by atoms with Crippen LogP contribution in [0.1, 0.15) is 119 Å². The highest BCUT2D eigenvalue weighted by Crippen LogP contribution is 2.21. The number of aromatic nitrogens is 7. The van der Waals surface area contributed by atoms with E-state index < -0.39 is 187 Å². The van der Waals surface area contributed by atoms with E-state index >= 15 is 14.4 Å². The number of para-hydroxylation sites is 1. The van der Waals surface area contributed by atoms with E-state index in [4.69, 9.17) is 22.6 Å². The summed E-state index contributed by atoms with van der Waals surface area (Å²) in [5.41, 5.74) is 19.6. The fourth-order valence-electron chi connectivity index (χ4n) is 12.8. The molecule has 13 amide bonds. The molecule has 8 rings (SSSR count). The summed E-state index contributed by atoms with van der Waals surface area (Å²) in [4.78, 5) is 202. The molecule has 3 aromatic carbocycles. The molecule has 11 atom stereocenters. The molecule has 39 heteroatoms. The average Bonchev–Trinajstić information content (AvgIpc) is 1.64. The maximum atomic E-state index is 15.4. The SMILES string of the molecule is CC(=O)N[C@H]1Cc2cn(nn2)CCCC[C@@H](C(=O)N[C@H]2Cc3cn(nn3)CCCC[C@@H](C(=O)N[C@@H](Cc3ccc(O)cc3)C(N)=O)NC(=O)[C@H](CC(=O)O)NC(=O)[C@H](C(C)C)NC(=O)[C@H](Cc3ccccc3)NC2=O)NC(=O)[C@H](CCC(N)=O)NC(=O)[C@H](CCCNC(=N)N)NC(=O)[C@H](Cc2c[nH]c3ccccc23)NC1=O. The highest BCUT2D eigenvalue weighted by Gasteiger charge is 2.39. The molecular formula is C73H97N23O16. The van der Waals surface area contributed by atoms with E-state index in [1.54, 1.807) is 60.8 Å². The number of fused-ring (bicyclic) bond motifs is 5. The first-order valence-electron chi connectivity index (χ1n) is 36.8. The lowest BCUT2D eigenvalue weighted by Gasteiger charge is -2.29. The van der Waals surface area contributed by atoms with Crippen LogP contribution in [0.2, 0.25) is 0 Å². The summed E-state index contributed by atoms with van der Waals surface area (Å²) in [5, 5.41) is 77.1. The van der Waals surface area contributed by atoms with Crippen molar-refractivity contribution in [2.24, 2.45) is 23.1 Å². The van der Waals surface area contributed by atoms with E-state index in [0.717, 1.165) is 0 Å². The number of H-pyrrole nitrogens is 1. The molecule has 600 valence electrons. The van der Waals surface area contributed by atoms with Gasteiger partial charge in [-0.15, -0.1) is 10.2 Å². The Morgan fingerprint density at radius 1 is 0.589 bits per heavy atom. The first-order valence-corrected chi connectivity index (χ1v) is 36.8. The minimum Gasteiger partial charge on any atom is -0.508 e. The van der Waals surface area contributed by atoms with Crippen molar-refractivity contribution in [1.82, 2.24) is 98.8 Å². The normalized spacial score (nSPS) is 22.1. The molecular weight excluding hydrogens is 1450 g/mol. The predicted octanol–water partition coefficient (Wildman–Crippen LogP) is -3.56. The Labute approximate surface area is 642 Å². The van der Waals surface area contributed by atoms with Gasteiger partial charge >= 0.3 is 5.97 Å². The Bertz CT molecular complexity index is 4350. The quantitative estimate of drug-likeness (QED) is 0.0178. The van der Waals surface area contributed by atoms with Gasteiger partial charge in [0, 0.05) is 94.6 Å². The van der Waals surface area contributed by atoms with Gasteiger partial charge in [-0.1, -0.05) is 84.9 Å². The van der Waals surface area contributed by atoms with Crippen molar-refractivity contribution in [3.63, 3.8) is 0 Å². The number of guanidine groups is 1. The lowest BCUT2D eigenvalue weighted by atomic mass is 9.99. The van der Waals surface area contributed by atoms with Crippen LogP contribution < -0.4 is 81.0 Å². The number of phenolic OH excluding ortho intramolecular Hbond substituents is 1. The number of phenols is 1. The molecule has 0 spiro atoms. The average molecular weight is 1550 g/mol. The number of primary amides is 2. The maximum Gasteiger partial charge on any atom is 0.305 e.